The van der Waals surface area contributed by atoms with Gasteiger partial charge in [-0.3, -0.25) is 4.79 Å². The van der Waals surface area contributed by atoms with Gasteiger partial charge < -0.3 is 10.6 Å². The van der Waals surface area contributed by atoms with Gasteiger partial charge in [0.1, 0.15) is 0 Å². The zero-order chi connectivity index (χ0) is 14.7. The standard InChI is InChI=1S/C17H26N2O/c1-11-8-9-12(2)16(10-11)19-15-7-5-6-14(13(15)3)17(20)18-4/h5-7,11-12,16,19H,8-10H2,1-4H3,(H,18,20). The fourth-order valence-electron chi connectivity index (χ4n) is 3.11. The molecular formula is C17H26N2O. The minimum atomic E-state index is -0.0174. The summed E-state index contributed by atoms with van der Waals surface area (Å²) < 4.78 is 0. The summed E-state index contributed by atoms with van der Waals surface area (Å²) in [5, 5.41) is 6.37. The summed E-state index contributed by atoms with van der Waals surface area (Å²) in [7, 11) is 1.67. The molecule has 110 valence electrons. The van der Waals surface area contributed by atoms with Crippen LogP contribution in [-0.2, 0) is 0 Å². The maximum absolute atomic E-state index is 11.9. The lowest BCUT2D eigenvalue weighted by Crippen LogP contribution is -2.33. The first-order chi connectivity index (χ1) is 9.52. The van der Waals surface area contributed by atoms with Crippen LogP contribution in [0.15, 0.2) is 18.2 Å². The van der Waals surface area contributed by atoms with E-state index in [9.17, 15) is 4.79 Å². The van der Waals surface area contributed by atoms with Crippen LogP contribution in [-0.4, -0.2) is 19.0 Å². The molecule has 1 aromatic carbocycles. The van der Waals surface area contributed by atoms with E-state index in [1.54, 1.807) is 7.05 Å². The third-order valence-electron chi connectivity index (χ3n) is 4.60. The summed E-state index contributed by atoms with van der Waals surface area (Å²) in [4.78, 5) is 11.9. The number of rotatable bonds is 3. The van der Waals surface area contributed by atoms with E-state index >= 15 is 0 Å². The van der Waals surface area contributed by atoms with Crippen molar-refractivity contribution in [2.75, 3.05) is 12.4 Å². The second-order valence-corrected chi connectivity index (χ2v) is 6.20. The van der Waals surface area contributed by atoms with E-state index in [2.05, 4.69) is 30.5 Å². The zero-order valence-corrected chi connectivity index (χ0v) is 13.0. The Morgan fingerprint density at radius 2 is 2.00 bits per heavy atom. The first-order valence-corrected chi connectivity index (χ1v) is 7.61. The van der Waals surface area contributed by atoms with Gasteiger partial charge in [-0.1, -0.05) is 26.3 Å². The molecule has 3 nitrogen and oxygen atoms in total. The van der Waals surface area contributed by atoms with Crippen LogP contribution in [0.4, 0.5) is 5.69 Å². The maximum Gasteiger partial charge on any atom is 0.251 e. The summed E-state index contributed by atoms with van der Waals surface area (Å²) in [6.07, 6.45) is 3.83. The summed E-state index contributed by atoms with van der Waals surface area (Å²) in [5.74, 6) is 1.46. The molecule has 3 atom stereocenters. The average molecular weight is 274 g/mol. The number of benzene rings is 1. The van der Waals surface area contributed by atoms with Crippen molar-refractivity contribution in [2.24, 2.45) is 11.8 Å². The quantitative estimate of drug-likeness (QED) is 0.884. The normalized spacial score (nSPS) is 26.1. The average Bonchev–Trinajstić information content (AvgIpc) is 2.44. The van der Waals surface area contributed by atoms with E-state index in [0.717, 1.165) is 22.7 Å². The summed E-state index contributed by atoms with van der Waals surface area (Å²) in [6, 6.07) is 6.43. The van der Waals surface area contributed by atoms with Crippen molar-refractivity contribution >= 4 is 11.6 Å². The Labute approximate surface area is 122 Å². The van der Waals surface area contributed by atoms with Gasteiger partial charge >= 0.3 is 0 Å². The topological polar surface area (TPSA) is 41.1 Å². The van der Waals surface area contributed by atoms with Crippen LogP contribution in [0.25, 0.3) is 0 Å². The van der Waals surface area contributed by atoms with Gasteiger partial charge in [0.05, 0.1) is 0 Å². The lowest BCUT2D eigenvalue weighted by Gasteiger charge is -2.34. The molecular weight excluding hydrogens is 248 g/mol. The van der Waals surface area contributed by atoms with E-state index in [-0.39, 0.29) is 5.91 Å². The molecule has 0 radical (unpaired) electrons. The molecule has 1 aromatic rings. The van der Waals surface area contributed by atoms with Crippen LogP contribution in [0, 0.1) is 18.8 Å². The Morgan fingerprint density at radius 1 is 1.25 bits per heavy atom. The molecule has 1 fully saturated rings. The zero-order valence-electron chi connectivity index (χ0n) is 13.0. The molecule has 0 aliphatic heterocycles. The van der Waals surface area contributed by atoms with Gasteiger partial charge in [-0.05, 0) is 49.3 Å². The predicted molar refractivity (Wildman–Crippen MR) is 84.2 cm³/mol. The van der Waals surface area contributed by atoms with Gasteiger partial charge in [-0.15, -0.1) is 0 Å². The largest absolute Gasteiger partial charge is 0.382 e. The Hall–Kier alpha value is -1.51. The van der Waals surface area contributed by atoms with Crippen LogP contribution >= 0.6 is 0 Å². The van der Waals surface area contributed by atoms with Crippen molar-refractivity contribution in [2.45, 2.75) is 46.1 Å². The third-order valence-corrected chi connectivity index (χ3v) is 4.60. The van der Waals surface area contributed by atoms with E-state index in [0.29, 0.717) is 12.0 Å². The fraction of sp³-hybridized carbons (Fsp3) is 0.588. The molecule has 1 aliphatic rings. The minimum absolute atomic E-state index is 0.0174. The summed E-state index contributed by atoms with van der Waals surface area (Å²) >= 11 is 0. The summed E-state index contributed by atoms with van der Waals surface area (Å²) in [5.41, 5.74) is 2.89. The van der Waals surface area contributed by atoms with Crippen molar-refractivity contribution in [3.63, 3.8) is 0 Å². The number of hydrogen-bond donors (Lipinski definition) is 2. The Bertz CT molecular complexity index is 484. The lowest BCUT2D eigenvalue weighted by atomic mass is 9.80. The van der Waals surface area contributed by atoms with Gasteiger partial charge in [-0.25, -0.2) is 0 Å². The molecule has 1 aliphatic carbocycles. The van der Waals surface area contributed by atoms with Crippen LogP contribution in [0.5, 0.6) is 0 Å². The van der Waals surface area contributed by atoms with Crippen LogP contribution in [0.2, 0.25) is 0 Å². The molecule has 1 saturated carbocycles. The highest BCUT2D eigenvalue weighted by atomic mass is 16.1. The Balaban J connectivity index is 2.19. The number of nitrogens with one attached hydrogen (secondary N) is 2. The van der Waals surface area contributed by atoms with E-state index < -0.39 is 0 Å². The molecule has 3 unspecified atom stereocenters. The molecule has 0 spiro atoms. The highest BCUT2D eigenvalue weighted by Crippen LogP contribution is 2.31. The Morgan fingerprint density at radius 3 is 2.70 bits per heavy atom. The van der Waals surface area contributed by atoms with Gasteiger partial charge in [0.25, 0.3) is 5.91 Å². The number of amides is 1. The fourth-order valence-corrected chi connectivity index (χ4v) is 3.11. The molecule has 0 bridgehead atoms. The van der Waals surface area contributed by atoms with Crippen molar-refractivity contribution in [1.82, 2.24) is 5.32 Å². The molecule has 0 aromatic heterocycles. The highest BCUT2D eigenvalue weighted by molar-refractivity contribution is 5.96. The van der Waals surface area contributed by atoms with Gasteiger partial charge in [0.15, 0.2) is 0 Å². The molecule has 1 amide bonds. The number of anilines is 1. The third kappa shape index (κ3) is 3.14. The van der Waals surface area contributed by atoms with Crippen molar-refractivity contribution in [1.29, 1.82) is 0 Å². The van der Waals surface area contributed by atoms with E-state index in [1.165, 1.54) is 19.3 Å². The monoisotopic (exact) mass is 274 g/mol. The second-order valence-electron chi connectivity index (χ2n) is 6.20. The molecule has 0 saturated heterocycles. The van der Waals surface area contributed by atoms with Crippen LogP contribution in [0.1, 0.15) is 49.0 Å². The van der Waals surface area contributed by atoms with E-state index in [1.807, 2.05) is 19.1 Å². The SMILES string of the molecule is CNC(=O)c1cccc(NC2CC(C)CCC2C)c1C. The molecule has 20 heavy (non-hydrogen) atoms. The van der Waals surface area contributed by atoms with Crippen LogP contribution < -0.4 is 10.6 Å². The predicted octanol–water partition coefficient (Wildman–Crippen LogP) is 3.59. The van der Waals surface area contributed by atoms with Gasteiger partial charge in [0, 0.05) is 24.3 Å². The molecule has 3 heteroatoms. The number of carbonyl (C=O) groups excluding carboxylic acids is 1. The summed E-state index contributed by atoms with van der Waals surface area (Å²) in [6.45, 7) is 6.67. The Kier molecular flexibility index (Phi) is 4.69. The van der Waals surface area contributed by atoms with Crippen molar-refractivity contribution in [3.05, 3.63) is 29.3 Å². The molecule has 2 N–H and O–H groups in total. The first-order valence-electron chi connectivity index (χ1n) is 7.61. The molecule has 2 rings (SSSR count). The lowest BCUT2D eigenvalue weighted by molar-refractivity contribution is 0.0962. The number of carbonyl (C=O) groups is 1. The minimum Gasteiger partial charge on any atom is -0.382 e. The van der Waals surface area contributed by atoms with E-state index in [4.69, 9.17) is 0 Å². The highest BCUT2D eigenvalue weighted by Gasteiger charge is 2.25. The molecule has 0 heterocycles. The van der Waals surface area contributed by atoms with Gasteiger partial charge in [0.2, 0.25) is 0 Å². The van der Waals surface area contributed by atoms with Crippen molar-refractivity contribution in [3.8, 4) is 0 Å². The first kappa shape index (κ1) is 14.9. The number of hydrogen-bond acceptors (Lipinski definition) is 2. The van der Waals surface area contributed by atoms with Crippen molar-refractivity contribution < 1.29 is 4.79 Å². The second kappa shape index (κ2) is 6.29. The van der Waals surface area contributed by atoms with Gasteiger partial charge in [-0.2, -0.15) is 0 Å². The van der Waals surface area contributed by atoms with Crippen LogP contribution in [0.3, 0.4) is 0 Å². The maximum atomic E-state index is 11.9. The smallest absolute Gasteiger partial charge is 0.251 e.